The second-order valence-electron chi connectivity index (χ2n) is 6.08. The van der Waals surface area contributed by atoms with Gasteiger partial charge in [-0.25, -0.2) is 0 Å². The van der Waals surface area contributed by atoms with Crippen molar-refractivity contribution in [2.75, 3.05) is 0 Å². The second kappa shape index (κ2) is 4.21. The molecular weight excluding hydrogens is 196 g/mol. The van der Waals surface area contributed by atoms with Crippen molar-refractivity contribution in [3.63, 3.8) is 0 Å². The minimum absolute atomic E-state index is 0.00303. The van der Waals surface area contributed by atoms with Crippen molar-refractivity contribution >= 4 is 0 Å². The van der Waals surface area contributed by atoms with Gasteiger partial charge < -0.3 is 5.11 Å². The van der Waals surface area contributed by atoms with Crippen LogP contribution < -0.4 is 0 Å². The number of hydrogen-bond donors (Lipinski definition) is 1. The maximum atomic E-state index is 10.3. The molecule has 0 fully saturated rings. The van der Waals surface area contributed by atoms with Gasteiger partial charge in [-0.2, -0.15) is 0 Å². The summed E-state index contributed by atoms with van der Waals surface area (Å²) in [5.74, 6) is 0.426. The van der Waals surface area contributed by atoms with E-state index in [1.807, 2.05) is 0 Å². The first kappa shape index (κ1) is 11.7. The number of aliphatic hydroxyl groups is 1. The molecule has 0 heterocycles. The molecule has 1 aliphatic rings. The summed E-state index contributed by atoms with van der Waals surface area (Å²) in [5, 5.41) is 10.3. The van der Waals surface area contributed by atoms with Crippen LogP contribution in [0.15, 0.2) is 24.3 Å². The molecule has 0 bridgehead atoms. The lowest BCUT2D eigenvalue weighted by Crippen LogP contribution is -2.36. The zero-order chi connectivity index (χ0) is 11.8. The first-order valence-corrected chi connectivity index (χ1v) is 6.23. The van der Waals surface area contributed by atoms with Gasteiger partial charge in [0.05, 0.1) is 6.10 Å². The Kier molecular flexibility index (Phi) is 3.07. The number of hydrogen-bond acceptors (Lipinski definition) is 1. The normalized spacial score (nSPS) is 22.6. The molecule has 2 unspecified atom stereocenters. The first-order valence-electron chi connectivity index (χ1n) is 6.23. The summed E-state index contributed by atoms with van der Waals surface area (Å²) in [6.45, 7) is 6.37. The minimum atomic E-state index is -0.194. The van der Waals surface area contributed by atoms with Gasteiger partial charge in [-0.3, -0.25) is 0 Å². The van der Waals surface area contributed by atoms with Crippen LogP contribution in [0.1, 0.15) is 38.3 Å². The fourth-order valence-electron chi connectivity index (χ4n) is 2.70. The molecule has 0 aromatic heterocycles. The maximum Gasteiger partial charge on any atom is 0.0619 e. The second-order valence-corrected chi connectivity index (χ2v) is 6.08. The highest BCUT2D eigenvalue weighted by Crippen LogP contribution is 2.34. The zero-order valence-corrected chi connectivity index (χ0v) is 10.5. The summed E-state index contributed by atoms with van der Waals surface area (Å²) in [6, 6.07) is 8.63. The van der Waals surface area contributed by atoms with Gasteiger partial charge in [-0.05, 0) is 41.7 Å². The average Bonchev–Trinajstić information content (AvgIpc) is 2.26. The number of rotatable bonds is 1. The van der Waals surface area contributed by atoms with Crippen molar-refractivity contribution in [3.05, 3.63) is 35.4 Å². The van der Waals surface area contributed by atoms with E-state index in [2.05, 4.69) is 45.0 Å². The molecule has 1 aromatic carbocycles. The molecule has 88 valence electrons. The molecule has 2 atom stereocenters. The molecule has 1 nitrogen and oxygen atoms in total. The Labute approximate surface area is 98.5 Å². The van der Waals surface area contributed by atoms with E-state index >= 15 is 0 Å². The van der Waals surface area contributed by atoms with E-state index in [-0.39, 0.29) is 11.5 Å². The average molecular weight is 218 g/mol. The van der Waals surface area contributed by atoms with Crippen LogP contribution in [0.25, 0.3) is 0 Å². The van der Waals surface area contributed by atoms with Gasteiger partial charge in [0, 0.05) is 0 Å². The van der Waals surface area contributed by atoms with Crippen molar-refractivity contribution in [1.82, 2.24) is 0 Å². The highest BCUT2D eigenvalue weighted by molar-refractivity contribution is 5.29. The van der Waals surface area contributed by atoms with Gasteiger partial charge in [0.15, 0.2) is 0 Å². The third kappa shape index (κ3) is 2.30. The number of aliphatic hydroxyl groups excluding tert-OH is 1. The van der Waals surface area contributed by atoms with Crippen molar-refractivity contribution < 1.29 is 5.11 Å². The molecule has 16 heavy (non-hydrogen) atoms. The molecule has 0 aliphatic heterocycles. The third-order valence-corrected chi connectivity index (χ3v) is 3.72. The highest BCUT2D eigenvalue weighted by atomic mass is 16.3. The lowest BCUT2D eigenvalue weighted by atomic mass is 9.73. The number of aryl methyl sites for hydroxylation is 1. The van der Waals surface area contributed by atoms with E-state index in [1.165, 1.54) is 11.1 Å². The predicted molar refractivity (Wildman–Crippen MR) is 67.4 cm³/mol. The van der Waals surface area contributed by atoms with Gasteiger partial charge in [-0.15, -0.1) is 0 Å². The molecule has 1 aromatic rings. The Hall–Kier alpha value is -0.820. The quantitative estimate of drug-likeness (QED) is 0.767. The maximum absolute atomic E-state index is 10.3. The Bertz CT molecular complexity index is 362. The lowest BCUT2D eigenvalue weighted by Gasteiger charge is -2.36. The largest absolute Gasteiger partial charge is 0.392 e. The molecule has 1 heteroatoms. The Balaban J connectivity index is 2.14. The van der Waals surface area contributed by atoms with Crippen LogP contribution in [-0.4, -0.2) is 11.2 Å². The van der Waals surface area contributed by atoms with E-state index in [1.54, 1.807) is 0 Å². The van der Waals surface area contributed by atoms with E-state index in [9.17, 15) is 5.11 Å². The van der Waals surface area contributed by atoms with Crippen molar-refractivity contribution in [2.24, 2.45) is 11.3 Å². The molecule has 0 amide bonds. The lowest BCUT2D eigenvalue weighted by molar-refractivity contribution is 0.00659. The summed E-state index contributed by atoms with van der Waals surface area (Å²) in [7, 11) is 0. The number of fused-ring (bicyclic) bond motifs is 1. The summed E-state index contributed by atoms with van der Waals surface area (Å²) >= 11 is 0. The van der Waals surface area contributed by atoms with Crippen LogP contribution in [0.3, 0.4) is 0 Å². The molecular formula is C15H22O. The van der Waals surface area contributed by atoms with Gasteiger partial charge in [0.2, 0.25) is 0 Å². The van der Waals surface area contributed by atoms with E-state index in [0.717, 1.165) is 19.3 Å². The number of benzene rings is 1. The van der Waals surface area contributed by atoms with Gasteiger partial charge in [0.25, 0.3) is 0 Å². The fourth-order valence-corrected chi connectivity index (χ4v) is 2.70. The molecule has 0 saturated heterocycles. The topological polar surface area (TPSA) is 20.2 Å². The highest BCUT2D eigenvalue weighted by Gasteiger charge is 2.32. The SMILES string of the molecule is CC(C)(C)C(O)C1CCc2ccccc2C1. The molecule has 0 spiro atoms. The Morgan fingerprint density at radius 1 is 1.19 bits per heavy atom. The van der Waals surface area contributed by atoms with Crippen LogP contribution in [0, 0.1) is 11.3 Å². The monoisotopic (exact) mass is 218 g/mol. The zero-order valence-electron chi connectivity index (χ0n) is 10.5. The van der Waals surface area contributed by atoms with E-state index in [4.69, 9.17) is 0 Å². The van der Waals surface area contributed by atoms with Crippen LogP contribution >= 0.6 is 0 Å². The summed E-state index contributed by atoms with van der Waals surface area (Å²) < 4.78 is 0. The summed E-state index contributed by atoms with van der Waals surface area (Å²) in [4.78, 5) is 0. The van der Waals surface area contributed by atoms with Crippen molar-refractivity contribution in [1.29, 1.82) is 0 Å². The minimum Gasteiger partial charge on any atom is -0.392 e. The van der Waals surface area contributed by atoms with Crippen LogP contribution in [-0.2, 0) is 12.8 Å². The third-order valence-electron chi connectivity index (χ3n) is 3.72. The fraction of sp³-hybridized carbons (Fsp3) is 0.600. The van der Waals surface area contributed by atoms with E-state index in [0.29, 0.717) is 5.92 Å². The predicted octanol–water partition coefficient (Wildman–Crippen LogP) is 3.20. The van der Waals surface area contributed by atoms with Crippen LogP contribution in [0.5, 0.6) is 0 Å². The smallest absolute Gasteiger partial charge is 0.0619 e. The standard InChI is InChI=1S/C15H22O/c1-15(2,3)14(16)13-9-8-11-6-4-5-7-12(11)10-13/h4-7,13-14,16H,8-10H2,1-3H3. The van der Waals surface area contributed by atoms with Crippen LogP contribution in [0.2, 0.25) is 0 Å². The van der Waals surface area contributed by atoms with Crippen LogP contribution in [0.4, 0.5) is 0 Å². The summed E-state index contributed by atoms with van der Waals surface area (Å²) in [6.07, 6.45) is 3.08. The molecule has 0 saturated carbocycles. The van der Waals surface area contributed by atoms with Crippen molar-refractivity contribution in [3.8, 4) is 0 Å². The van der Waals surface area contributed by atoms with Gasteiger partial charge in [-0.1, -0.05) is 45.0 Å². The Morgan fingerprint density at radius 2 is 1.81 bits per heavy atom. The molecule has 2 rings (SSSR count). The summed E-state index contributed by atoms with van der Waals surface area (Å²) in [5.41, 5.74) is 2.90. The van der Waals surface area contributed by atoms with Crippen molar-refractivity contribution in [2.45, 2.75) is 46.1 Å². The van der Waals surface area contributed by atoms with Gasteiger partial charge >= 0.3 is 0 Å². The molecule has 1 aliphatic carbocycles. The first-order chi connectivity index (χ1) is 7.48. The Morgan fingerprint density at radius 3 is 2.44 bits per heavy atom. The van der Waals surface area contributed by atoms with Gasteiger partial charge in [0.1, 0.15) is 0 Å². The molecule has 1 N–H and O–H groups in total. The van der Waals surface area contributed by atoms with E-state index < -0.39 is 0 Å². The molecule has 0 radical (unpaired) electrons.